The zero-order valence-electron chi connectivity index (χ0n) is 16.0. The van der Waals surface area contributed by atoms with Crippen LogP contribution in [-0.2, 0) is 32.4 Å². The monoisotopic (exact) mass is 401 g/mol. The Morgan fingerprint density at radius 2 is 1.82 bits per heavy atom. The van der Waals surface area contributed by atoms with Crippen LogP contribution in [0.2, 0.25) is 0 Å². The maximum absolute atomic E-state index is 12.4. The molecule has 6 nitrogen and oxygen atoms in total. The zero-order chi connectivity index (χ0) is 20.3. The maximum atomic E-state index is 12.4. The van der Waals surface area contributed by atoms with Gasteiger partial charge in [0.15, 0.2) is 12.4 Å². The lowest BCUT2D eigenvalue weighted by Crippen LogP contribution is -2.34. The first kappa shape index (κ1) is 20.1. The fourth-order valence-electron chi connectivity index (χ4n) is 3.23. The van der Waals surface area contributed by atoms with Crippen LogP contribution in [0.25, 0.3) is 0 Å². The number of benzene rings is 2. The van der Waals surface area contributed by atoms with E-state index in [-0.39, 0.29) is 18.8 Å². The molecule has 2 aromatic rings. The fourth-order valence-corrected chi connectivity index (χ4v) is 4.23. The smallest absolute Gasteiger partial charge is 0.310 e. The lowest BCUT2D eigenvalue weighted by atomic mass is 9.99. The molecule has 0 N–H and O–H groups in total. The van der Waals surface area contributed by atoms with Crippen molar-refractivity contribution in [2.45, 2.75) is 26.2 Å². The van der Waals surface area contributed by atoms with Gasteiger partial charge in [-0.15, -0.1) is 0 Å². The van der Waals surface area contributed by atoms with Crippen molar-refractivity contribution in [2.24, 2.45) is 0 Å². The van der Waals surface area contributed by atoms with Gasteiger partial charge >= 0.3 is 5.97 Å². The topological polar surface area (TPSA) is 80.8 Å². The molecule has 0 radical (unpaired) electrons. The molecule has 0 bridgehead atoms. The van der Waals surface area contributed by atoms with Gasteiger partial charge < -0.3 is 4.74 Å². The molecule has 1 aliphatic rings. The highest BCUT2D eigenvalue weighted by atomic mass is 32.2. The first-order chi connectivity index (χ1) is 13.2. The maximum Gasteiger partial charge on any atom is 0.310 e. The normalized spacial score (nSPS) is 13.7. The molecule has 0 atom stereocenters. The Balaban J connectivity index is 1.63. The van der Waals surface area contributed by atoms with E-state index in [9.17, 15) is 18.0 Å². The molecule has 7 heteroatoms. The van der Waals surface area contributed by atoms with Crippen molar-refractivity contribution in [3.8, 4) is 0 Å². The predicted octanol–water partition coefficient (Wildman–Crippen LogP) is 2.68. The van der Waals surface area contributed by atoms with Gasteiger partial charge in [-0.1, -0.05) is 29.8 Å². The molecule has 0 fully saturated rings. The molecule has 0 aliphatic carbocycles. The number of ether oxygens (including phenoxy) is 1. The van der Waals surface area contributed by atoms with Gasteiger partial charge in [-0.3, -0.25) is 13.9 Å². The average Bonchev–Trinajstić information content (AvgIpc) is 2.66. The zero-order valence-corrected chi connectivity index (χ0v) is 16.8. The van der Waals surface area contributed by atoms with Crippen molar-refractivity contribution >= 4 is 27.5 Å². The molecule has 0 spiro atoms. The summed E-state index contributed by atoms with van der Waals surface area (Å²) in [5, 5.41) is 0. The van der Waals surface area contributed by atoms with E-state index in [2.05, 4.69) is 0 Å². The number of sulfonamides is 1. The van der Waals surface area contributed by atoms with Crippen LogP contribution in [0.15, 0.2) is 42.5 Å². The highest BCUT2D eigenvalue weighted by Crippen LogP contribution is 2.30. The van der Waals surface area contributed by atoms with Crippen LogP contribution in [-0.4, -0.2) is 39.6 Å². The van der Waals surface area contributed by atoms with Gasteiger partial charge in [0.1, 0.15) is 0 Å². The molecule has 28 heavy (non-hydrogen) atoms. The van der Waals surface area contributed by atoms with Crippen molar-refractivity contribution in [2.75, 3.05) is 23.7 Å². The highest BCUT2D eigenvalue weighted by molar-refractivity contribution is 7.92. The van der Waals surface area contributed by atoms with Crippen molar-refractivity contribution in [1.82, 2.24) is 0 Å². The number of ketones is 1. The van der Waals surface area contributed by atoms with Gasteiger partial charge in [-0.25, -0.2) is 8.42 Å². The van der Waals surface area contributed by atoms with E-state index < -0.39 is 16.0 Å². The van der Waals surface area contributed by atoms with Crippen LogP contribution < -0.4 is 4.31 Å². The molecular formula is C21H23NO5S. The third-order valence-corrected chi connectivity index (χ3v) is 5.89. The summed E-state index contributed by atoms with van der Waals surface area (Å²) in [6.07, 6.45) is 2.69. The molecule has 0 saturated carbocycles. The molecule has 2 aromatic carbocycles. The summed E-state index contributed by atoms with van der Waals surface area (Å²) in [7, 11) is -3.35. The summed E-state index contributed by atoms with van der Waals surface area (Å²) in [5.41, 5.74) is 3.78. The molecule has 0 unspecified atom stereocenters. The van der Waals surface area contributed by atoms with Crippen LogP contribution in [0.1, 0.15) is 33.5 Å². The Hall–Kier alpha value is -2.67. The minimum Gasteiger partial charge on any atom is -0.457 e. The molecule has 148 valence electrons. The summed E-state index contributed by atoms with van der Waals surface area (Å²) in [6.45, 7) is 2.07. The quantitative estimate of drug-likeness (QED) is 0.549. The van der Waals surface area contributed by atoms with Crippen LogP contribution in [0.3, 0.4) is 0 Å². The first-order valence-corrected chi connectivity index (χ1v) is 10.9. The number of Topliss-reactive ketones (excluding diaryl/α,β-unsaturated/α-hetero) is 1. The Morgan fingerprint density at radius 1 is 1.11 bits per heavy atom. The number of carbonyl (C=O) groups is 2. The van der Waals surface area contributed by atoms with Crippen molar-refractivity contribution < 1.29 is 22.7 Å². The van der Waals surface area contributed by atoms with Gasteiger partial charge in [0.05, 0.1) is 18.4 Å². The number of hydrogen-bond donors (Lipinski definition) is 0. The largest absolute Gasteiger partial charge is 0.457 e. The van der Waals surface area contributed by atoms with E-state index in [1.807, 2.05) is 31.2 Å². The van der Waals surface area contributed by atoms with Crippen LogP contribution >= 0.6 is 0 Å². The Morgan fingerprint density at radius 3 is 2.50 bits per heavy atom. The van der Waals surface area contributed by atoms with Crippen molar-refractivity contribution in [3.63, 3.8) is 0 Å². The Bertz CT molecular complexity index is 996. The van der Waals surface area contributed by atoms with Crippen molar-refractivity contribution in [3.05, 3.63) is 64.7 Å². The third-order valence-electron chi connectivity index (χ3n) is 4.71. The van der Waals surface area contributed by atoms with E-state index in [1.165, 1.54) is 10.6 Å². The van der Waals surface area contributed by atoms with E-state index in [0.29, 0.717) is 30.6 Å². The Labute approximate surface area is 165 Å². The van der Waals surface area contributed by atoms with E-state index >= 15 is 0 Å². The van der Waals surface area contributed by atoms with Gasteiger partial charge in [-0.2, -0.15) is 0 Å². The number of nitrogens with zero attached hydrogens (tertiary/aromatic N) is 1. The van der Waals surface area contributed by atoms with Gasteiger partial charge in [0.25, 0.3) is 0 Å². The summed E-state index contributed by atoms with van der Waals surface area (Å²) in [6, 6.07) is 12.5. The van der Waals surface area contributed by atoms with E-state index in [1.54, 1.807) is 18.2 Å². The number of esters is 1. The second kappa shape index (κ2) is 8.14. The van der Waals surface area contributed by atoms with Gasteiger partial charge in [0, 0.05) is 12.1 Å². The SMILES string of the molecule is Cc1ccc(CC(=O)OCC(=O)c2ccc3c(c2)CCCN3S(C)(=O)=O)cc1. The summed E-state index contributed by atoms with van der Waals surface area (Å²) in [4.78, 5) is 24.4. The molecule has 0 amide bonds. The van der Waals surface area contributed by atoms with E-state index in [4.69, 9.17) is 4.74 Å². The second-order valence-electron chi connectivity index (χ2n) is 7.03. The van der Waals surface area contributed by atoms with Crippen LogP contribution in [0.4, 0.5) is 5.69 Å². The minimum absolute atomic E-state index is 0.112. The van der Waals surface area contributed by atoms with Crippen LogP contribution in [0, 0.1) is 6.92 Å². The number of anilines is 1. The summed E-state index contributed by atoms with van der Waals surface area (Å²) in [5.74, 6) is -0.769. The molecule has 1 aliphatic heterocycles. The predicted molar refractivity (Wildman–Crippen MR) is 107 cm³/mol. The number of rotatable bonds is 6. The lowest BCUT2D eigenvalue weighted by Gasteiger charge is -2.29. The number of fused-ring (bicyclic) bond motifs is 1. The highest BCUT2D eigenvalue weighted by Gasteiger charge is 2.24. The van der Waals surface area contributed by atoms with E-state index in [0.717, 1.165) is 16.7 Å². The number of aryl methyl sites for hydroxylation is 2. The minimum atomic E-state index is -3.35. The van der Waals surface area contributed by atoms with Gasteiger partial charge in [0.2, 0.25) is 10.0 Å². The number of carbonyl (C=O) groups excluding carboxylic acids is 2. The van der Waals surface area contributed by atoms with Crippen LogP contribution in [0.5, 0.6) is 0 Å². The Kier molecular flexibility index (Phi) is 5.84. The molecule has 1 heterocycles. The average molecular weight is 401 g/mol. The lowest BCUT2D eigenvalue weighted by molar-refractivity contribution is -0.141. The first-order valence-electron chi connectivity index (χ1n) is 9.09. The molecule has 3 rings (SSSR count). The standard InChI is InChI=1S/C21H23NO5S/c1-15-5-7-16(8-6-15)12-21(24)27-14-20(23)18-9-10-19-17(13-18)4-3-11-22(19)28(2,25)26/h5-10,13H,3-4,11-12,14H2,1-2H3. The number of hydrogen-bond acceptors (Lipinski definition) is 5. The molecule has 0 saturated heterocycles. The second-order valence-corrected chi connectivity index (χ2v) is 8.94. The molecular weight excluding hydrogens is 378 g/mol. The fraction of sp³-hybridized carbons (Fsp3) is 0.333. The molecule has 0 aromatic heterocycles. The van der Waals surface area contributed by atoms with Gasteiger partial charge in [-0.05, 0) is 49.1 Å². The summed E-state index contributed by atoms with van der Waals surface area (Å²) >= 11 is 0. The third kappa shape index (κ3) is 4.78. The summed E-state index contributed by atoms with van der Waals surface area (Å²) < 4.78 is 30.3. The van der Waals surface area contributed by atoms with Crippen molar-refractivity contribution in [1.29, 1.82) is 0 Å².